The Hall–Kier alpha value is -3.54. The van der Waals surface area contributed by atoms with Crippen LogP contribution in [0.5, 0.6) is 0 Å². The Bertz CT molecular complexity index is 1610. The van der Waals surface area contributed by atoms with E-state index in [1.165, 1.54) is 19.1 Å². The smallest absolute Gasteiger partial charge is 0.354 e. The second-order valence-corrected chi connectivity index (χ2v) is 11.5. The van der Waals surface area contributed by atoms with E-state index in [0.717, 1.165) is 7.14 Å². The van der Waals surface area contributed by atoms with Crippen LogP contribution in [0.2, 0.25) is 0 Å². The average Bonchev–Trinajstić information content (AvgIpc) is 3.67. The van der Waals surface area contributed by atoms with Crippen molar-refractivity contribution in [3.8, 4) is 0 Å². The van der Waals surface area contributed by atoms with Gasteiger partial charge in [0.2, 0.25) is 0 Å². The number of methoxy groups -OCH3 is 2. The number of amides is 2. The predicted molar refractivity (Wildman–Crippen MR) is 170 cm³/mol. The van der Waals surface area contributed by atoms with Crippen molar-refractivity contribution in [3.05, 3.63) is 79.0 Å². The summed E-state index contributed by atoms with van der Waals surface area (Å²) in [6, 6.07) is 6.83. The van der Waals surface area contributed by atoms with Crippen molar-refractivity contribution in [1.29, 1.82) is 0 Å². The fourth-order valence-corrected chi connectivity index (χ4v) is 5.37. The second-order valence-electron chi connectivity index (χ2n) is 9.03. The third-order valence-corrected chi connectivity index (χ3v) is 7.31. The van der Waals surface area contributed by atoms with E-state index in [0.29, 0.717) is 34.2 Å². The highest BCUT2D eigenvalue weighted by Crippen LogP contribution is 2.21. The third-order valence-electron chi connectivity index (χ3n) is 6.13. The largest absolute Gasteiger partial charge is 0.464 e. The summed E-state index contributed by atoms with van der Waals surface area (Å²) in [4.78, 5) is 49.3. The van der Waals surface area contributed by atoms with E-state index in [9.17, 15) is 19.2 Å². The zero-order chi connectivity index (χ0) is 30.6. The molecule has 0 bridgehead atoms. The van der Waals surface area contributed by atoms with E-state index >= 15 is 0 Å². The van der Waals surface area contributed by atoms with E-state index in [2.05, 4.69) is 55.2 Å². The van der Waals surface area contributed by atoms with Crippen molar-refractivity contribution in [3.63, 3.8) is 0 Å². The topological polar surface area (TPSA) is 122 Å². The molecule has 4 aromatic rings. The molecule has 14 heteroatoms. The van der Waals surface area contributed by atoms with E-state index in [1.807, 2.05) is 32.6 Å². The summed E-state index contributed by atoms with van der Waals surface area (Å²) >= 11 is 4.31. The molecule has 0 saturated carbocycles. The summed E-state index contributed by atoms with van der Waals surface area (Å²) in [5.41, 5.74) is 3.11. The van der Waals surface area contributed by atoms with Crippen molar-refractivity contribution in [1.82, 2.24) is 18.3 Å². The first-order chi connectivity index (χ1) is 19.3. The summed E-state index contributed by atoms with van der Waals surface area (Å²) in [5, 5.41) is 2.76. The minimum Gasteiger partial charge on any atom is -0.464 e. The highest BCUT2D eigenvalue weighted by molar-refractivity contribution is 14.1. The number of nitrogens with zero attached hydrogens (tertiary/aromatic N) is 5. The molecule has 0 unspecified atom stereocenters. The van der Waals surface area contributed by atoms with Crippen molar-refractivity contribution in [2.24, 2.45) is 28.2 Å². The molecular weight excluding hydrogens is 758 g/mol. The molecule has 0 aromatic carbocycles. The second kappa shape index (κ2) is 13.4. The van der Waals surface area contributed by atoms with Gasteiger partial charge in [0.1, 0.15) is 22.8 Å². The van der Waals surface area contributed by atoms with Crippen molar-refractivity contribution < 1.29 is 28.7 Å². The lowest BCUT2D eigenvalue weighted by atomic mass is 10.3. The fourth-order valence-electron chi connectivity index (χ4n) is 3.95. The number of rotatable bonds is 6. The summed E-state index contributed by atoms with van der Waals surface area (Å²) in [6.07, 6.45) is 7.13. The Labute approximate surface area is 264 Å². The molecule has 0 aliphatic heterocycles. The number of anilines is 2. The van der Waals surface area contributed by atoms with Gasteiger partial charge in [0.15, 0.2) is 0 Å². The molecule has 41 heavy (non-hydrogen) atoms. The van der Waals surface area contributed by atoms with Crippen LogP contribution in [0.3, 0.4) is 0 Å². The first-order valence-corrected chi connectivity index (χ1v) is 14.2. The summed E-state index contributed by atoms with van der Waals surface area (Å²) < 4.78 is 18.1. The Balaban J connectivity index is 0.000000226. The molecule has 0 spiro atoms. The Morgan fingerprint density at radius 2 is 1.15 bits per heavy atom. The van der Waals surface area contributed by atoms with Gasteiger partial charge in [-0.1, -0.05) is 0 Å². The summed E-state index contributed by atoms with van der Waals surface area (Å²) in [6.45, 7) is 0. The van der Waals surface area contributed by atoms with Gasteiger partial charge in [0.25, 0.3) is 11.8 Å². The number of hydrogen-bond acceptors (Lipinski definition) is 6. The van der Waals surface area contributed by atoms with Crippen LogP contribution in [0.25, 0.3) is 0 Å². The molecule has 0 saturated heterocycles. The molecular formula is C27H30I2N6O6. The maximum absolute atomic E-state index is 12.5. The Kier molecular flexibility index (Phi) is 10.5. The number of hydrogen-bond donors (Lipinski definition) is 1. The van der Waals surface area contributed by atoms with E-state index in [4.69, 9.17) is 4.74 Å². The number of aromatic nitrogens is 4. The first kappa shape index (κ1) is 32.0. The van der Waals surface area contributed by atoms with Crippen molar-refractivity contribution in [2.45, 2.75) is 0 Å². The van der Waals surface area contributed by atoms with Gasteiger partial charge in [0.05, 0.1) is 25.6 Å². The van der Waals surface area contributed by atoms with Gasteiger partial charge in [0, 0.05) is 67.2 Å². The zero-order valence-electron chi connectivity index (χ0n) is 23.6. The lowest BCUT2D eigenvalue weighted by molar-refractivity contribution is 0.0581. The fraction of sp³-hybridized carbons (Fsp3) is 0.259. The molecule has 0 atom stereocenters. The quantitative estimate of drug-likeness (QED) is 0.233. The summed E-state index contributed by atoms with van der Waals surface area (Å²) in [7, 11) is 11.4. The van der Waals surface area contributed by atoms with Crippen LogP contribution < -0.4 is 10.2 Å². The molecule has 4 rings (SSSR count). The number of carbonyl (C=O) groups is 4. The Morgan fingerprint density at radius 3 is 1.63 bits per heavy atom. The van der Waals surface area contributed by atoms with Crippen LogP contribution >= 0.6 is 45.2 Å². The highest BCUT2D eigenvalue weighted by atomic mass is 127. The molecule has 1 N–H and O–H groups in total. The minimum atomic E-state index is -0.443. The zero-order valence-corrected chi connectivity index (χ0v) is 27.9. The summed E-state index contributed by atoms with van der Waals surface area (Å²) in [5.74, 6) is -1.24. The van der Waals surface area contributed by atoms with Gasteiger partial charge in [-0.25, -0.2) is 9.59 Å². The molecule has 4 aromatic heterocycles. The molecule has 0 aliphatic carbocycles. The maximum Gasteiger partial charge on any atom is 0.354 e. The maximum atomic E-state index is 12.5. The molecule has 4 heterocycles. The third kappa shape index (κ3) is 7.41. The SMILES string of the molecule is COC(=O)c1cc(N(C)C(=O)c2cc(I)cn2C)cn1C.COC(=O)c1cc(NC(=O)c2cc(I)cn2C)cn1C. The van der Waals surface area contributed by atoms with Gasteiger partial charge in [-0.3, -0.25) is 9.59 Å². The van der Waals surface area contributed by atoms with Gasteiger partial charge >= 0.3 is 11.9 Å². The van der Waals surface area contributed by atoms with Crippen molar-refractivity contribution in [2.75, 3.05) is 31.5 Å². The number of carbonyl (C=O) groups excluding carboxylic acids is 4. The molecule has 0 fully saturated rings. The number of aryl methyl sites for hydroxylation is 4. The van der Waals surface area contributed by atoms with Crippen LogP contribution in [0, 0.1) is 7.14 Å². The van der Waals surface area contributed by atoms with E-state index in [1.54, 1.807) is 70.0 Å². The Morgan fingerprint density at radius 1 is 0.683 bits per heavy atom. The molecule has 0 aliphatic rings. The standard InChI is InChI=1S/C14H16IN3O3.C13H14IN3O3/c1-16-7-9(15)5-11(16)13(19)18(3)10-6-12(14(20)21-4)17(2)8-10;1-16-6-8(14)4-10(16)12(18)15-9-5-11(13(19)20-3)17(2)7-9/h5-8H,1-4H3;4-7H,1-3H3,(H,15,18). The number of ether oxygens (including phenoxy) is 2. The van der Waals surface area contributed by atoms with Crippen molar-refractivity contribution >= 4 is 80.3 Å². The molecule has 218 valence electrons. The average molecular weight is 788 g/mol. The minimum absolute atomic E-state index is 0.137. The van der Waals surface area contributed by atoms with Crippen LogP contribution in [0.1, 0.15) is 42.0 Å². The highest BCUT2D eigenvalue weighted by Gasteiger charge is 2.21. The lowest BCUT2D eigenvalue weighted by Crippen LogP contribution is -2.27. The van der Waals surface area contributed by atoms with Crippen LogP contribution in [-0.4, -0.2) is 63.3 Å². The monoisotopic (exact) mass is 788 g/mol. The first-order valence-electron chi connectivity index (χ1n) is 12.0. The number of halogens is 2. The number of esters is 2. The predicted octanol–water partition coefficient (Wildman–Crippen LogP) is 4.04. The molecule has 2 amide bonds. The van der Waals surface area contributed by atoms with Gasteiger partial charge in [-0.2, -0.15) is 0 Å². The van der Waals surface area contributed by atoms with E-state index in [-0.39, 0.29) is 11.8 Å². The lowest BCUT2D eigenvalue weighted by Gasteiger charge is -2.15. The van der Waals surface area contributed by atoms with Gasteiger partial charge in [-0.05, 0) is 69.4 Å². The molecule has 0 radical (unpaired) electrons. The van der Waals surface area contributed by atoms with Crippen LogP contribution in [0.15, 0.2) is 49.1 Å². The molecule has 12 nitrogen and oxygen atoms in total. The van der Waals surface area contributed by atoms with E-state index < -0.39 is 11.9 Å². The van der Waals surface area contributed by atoms with Gasteiger partial charge < -0.3 is 38.0 Å². The van der Waals surface area contributed by atoms with Crippen LogP contribution in [0.4, 0.5) is 11.4 Å². The van der Waals surface area contributed by atoms with Gasteiger partial charge in [-0.15, -0.1) is 0 Å². The van der Waals surface area contributed by atoms with Crippen LogP contribution in [-0.2, 0) is 37.7 Å². The number of nitrogens with one attached hydrogen (secondary N) is 1. The normalized spacial score (nSPS) is 10.5.